The maximum Gasteiger partial charge on any atom is 0.348 e. The predicted molar refractivity (Wildman–Crippen MR) is 60.3 cm³/mol. The smallest absolute Gasteiger partial charge is 0.348 e. The number of nitrogens with two attached hydrogens (primary N) is 2. The SMILES string of the molecule is COC(=O)c1cc(N=C/C(N)=C\N)cs1. The molecule has 0 atom stereocenters. The first-order chi connectivity index (χ1) is 7.17. The van der Waals surface area contributed by atoms with E-state index >= 15 is 0 Å². The van der Waals surface area contributed by atoms with Crippen molar-refractivity contribution < 1.29 is 9.53 Å². The standard InChI is InChI=1S/C9H11N3O2S/c1-14-9(13)8-2-7(5-15-8)12-4-6(11)3-10/h2-5H,10-11H2,1H3/b6-3+,12-4?. The molecule has 0 saturated heterocycles. The molecule has 4 N–H and O–H groups in total. The van der Waals surface area contributed by atoms with Crippen LogP contribution < -0.4 is 11.5 Å². The Labute approximate surface area is 91.1 Å². The van der Waals surface area contributed by atoms with Crippen molar-refractivity contribution in [3.8, 4) is 0 Å². The highest BCUT2D eigenvalue weighted by atomic mass is 32.1. The lowest BCUT2D eigenvalue weighted by molar-refractivity contribution is 0.0606. The van der Waals surface area contributed by atoms with Crippen LogP contribution in [0.25, 0.3) is 0 Å². The maximum absolute atomic E-state index is 11.1. The summed E-state index contributed by atoms with van der Waals surface area (Å²) < 4.78 is 4.56. The second-order valence-corrected chi connectivity index (χ2v) is 3.50. The fourth-order valence-electron chi connectivity index (χ4n) is 0.794. The van der Waals surface area contributed by atoms with Crippen LogP contribution in [0.15, 0.2) is 28.3 Å². The zero-order valence-corrected chi connectivity index (χ0v) is 8.95. The number of methoxy groups -OCH3 is 1. The van der Waals surface area contributed by atoms with E-state index in [9.17, 15) is 4.79 Å². The van der Waals surface area contributed by atoms with E-state index in [4.69, 9.17) is 11.5 Å². The summed E-state index contributed by atoms with van der Waals surface area (Å²) in [6.07, 6.45) is 2.67. The van der Waals surface area contributed by atoms with Gasteiger partial charge in [0.05, 0.1) is 24.7 Å². The highest BCUT2D eigenvalue weighted by Gasteiger charge is 2.07. The molecule has 0 aliphatic rings. The lowest BCUT2D eigenvalue weighted by Crippen LogP contribution is -2.00. The molecule has 5 nitrogen and oxygen atoms in total. The Hall–Kier alpha value is -1.82. The summed E-state index contributed by atoms with van der Waals surface area (Å²) in [6, 6.07) is 1.62. The van der Waals surface area contributed by atoms with Crippen LogP contribution in [0.2, 0.25) is 0 Å². The van der Waals surface area contributed by atoms with Gasteiger partial charge >= 0.3 is 5.97 Å². The number of rotatable bonds is 3. The van der Waals surface area contributed by atoms with Crippen LogP contribution in [-0.2, 0) is 4.74 Å². The second kappa shape index (κ2) is 5.16. The number of thiophene rings is 1. The van der Waals surface area contributed by atoms with Crippen molar-refractivity contribution in [3.05, 3.63) is 28.2 Å². The molecule has 0 radical (unpaired) electrons. The van der Waals surface area contributed by atoms with Gasteiger partial charge in [-0.05, 0) is 6.07 Å². The number of allylic oxidation sites excluding steroid dienone is 1. The van der Waals surface area contributed by atoms with Gasteiger partial charge in [0.25, 0.3) is 0 Å². The molecule has 0 aliphatic carbocycles. The van der Waals surface area contributed by atoms with Crippen LogP contribution in [0.3, 0.4) is 0 Å². The van der Waals surface area contributed by atoms with Crippen molar-refractivity contribution in [2.45, 2.75) is 0 Å². The van der Waals surface area contributed by atoms with Gasteiger partial charge in [0.1, 0.15) is 4.88 Å². The molecule has 1 heterocycles. The van der Waals surface area contributed by atoms with Gasteiger partial charge in [0.15, 0.2) is 0 Å². The van der Waals surface area contributed by atoms with Crippen molar-refractivity contribution in [3.63, 3.8) is 0 Å². The number of aliphatic imine (C=N–C) groups is 1. The number of carbonyl (C=O) groups excluding carboxylic acids is 1. The molecule has 1 aromatic heterocycles. The van der Waals surface area contributed by atoms with Gasteiger partial charge in [0.2, 0.25) is 0 Å². The minimum absolute atomic E-state index is 0.362. The minimum Gasteiger partial charge on any atom is -0.465 e. The van der Waals surface area contributed by atoms with Crippen LogP contribution in [0.1, 0.15) is 9.67 Å². The first-order valence-corrected chi connectivity index (χ1v) is 4.93. The van der Waals surface area contributed by atoms with Crippen molar-refractivity contribution in [1.29, 1.82) is 0 Å². The summed E-state index contributed by atoms with van der Waals surface area (Å²) >= 11 is 1.26. The van der Waals surface area contributed by atoms with Crippen molar-refractivity contribution in [1.82, 2.24) is 0 Å². The summed E-state index contributed by atoms with van der Waals surface area (Å²) in [5.41, 5.74) is 11.6. The molecular weight excluding hydrogens is 214 g/mol. The van der Waals surface area contributed by atoms with E-state index < -0.39 is 0 Å². The number of nitrogens with zero attached hydrogens (tertiary/aromatic N) is 1. The van der Waals surface area contributed by atoms with Crippen LogP contribution in [-0.4, -0.2) is 19.3 Å². The van der Waals surface area contributed by atoms with E-state index in [1.165, 1.54) is 30.9 Å². The van der Waals surface area contributed by atoms with Crippen molar-refractivity contribution in [2.24, 2.45) is 16.5 Å². The number of ether oxygens (including phenoxy) is 1. The second-order valence-electron chi connectivity index (χ2n) is 2.59. The van der Waals surface area contributed by atoms with Crippen LogP contribution in [0.5, 0.6) is 0 Å². The van der Waals surface area contributed by atoms with Gasteiger partial charge in [-0.25, -0.2) is 4.79 Å². The third-order valence-corrected chi connectivity index (χ3v) is 2.43. The normalized spacial score (nSPS) is 11.9. The summed E-state index contributed by atoms with van der Waals surface area (Å²) in [4.78, 5) is 15.6. The molecule has 0 unspecified atom stereocenters. The van der Waals surface area contributed by atoms with E-state index in [1.807, 2.05) is 0 Å². The topological polar surface area (TPSA) is 90.7 Å². The molecule has 15 heavy (non-hydrogen) atoms. The van der Waals surface area contributed by atoms with E-state index in [0.29, 0.717) is 16.3 Å². The zero-order chi connectivity index (χ0) is 11.3. The van der Waals surface area contributed by atoms with Gasteiger partial charge in [0, 0.05) is 11.6 Å². The van der Waals surface area contributed by atoms with Gasteiger partial charge in [-0.15, -0.1) is 11.3 Å². The summed E-state index contributed by atoms with van der Waals surface area (Å²) in [6.45, 7) is 0. The molecule has 0 saturated carbocycles. The quantitative estimate of drug-likeness (QED) is 0.593. The van der Waals surface area contributed by atoms with Crippen LogP contribution in [0, 0.1) is 0 Å². The van der Waals surface area contributed by atoms with Gasteiger partial charge in [-0.3, -0.25) is 4.99 Å². The molecule has 6 heteroatoms. The van der Waals surface area contributed by atoms with Crippen molar-refractivity contribution in [2.75, 3.05) is 7.11 Å². The Morgan fingerprint density at radius 3 is 3.00 bits per heavy atom. The van der Waals surface area contributed by atoms with E-state index in [2.05, 4.69) is 9.73 Å². The maximum atomic E-state index is 11.1. The van der Waals surface area contributed by atoms with Gasteiger partial charge in [-0.2, -0.15) is 0 Å². The summed E-state index contributed by atoms with van der Waals surface area (Å²) in [5, 5.41) is 1.73. The predicted octanol–water partition coefficient (Wildman–Crippen LogP) is 0.996. The molecule has 0 amide bonds. The Morgan fingerprint density at radius 1 is 1.67 bits per heavy atom. The van der Waals surface area contributed by atoms with Crippen molar-refractivity contribution >= 4 is 29.2 Å². The minimum atomic E-state index is -0.371. The molecule has 0 aliphatic heterocycles. The Balaban J connectivity index is 2.77. The average Bonchev–Trinajstić information content (AvgIpc) is 2.73. The fraction of sp³-hybridized carbons (Fsp3) is 0.111. The number of hydrogen-bond acceptors (Lipinski definition) is 6. The lowest BCUT2D eigenvalue weighted by atomic mass is 10.4. The van der Waals surface area contributed by atoms with E-state index in [0.717, 1.165) is 0 Å². The zero-order valence-electron chi connectivity index (χ0n) is 8.14. The molecule has 0 aromatic carbocycles. The number of hydrogen-bond donors (Lipinski definition) is 2. The average molecular weight is 225 g/mol. The fourth-order valence-corrected chi connectivity index (χ4v) is 1.54. The Morgan fingerprint density at radius 2 is 2.40 bits per heavy atom. The van der Waals surface area contributed by atoms with Gasteiger partial charge in [-0.1, -0.05) is 0 Å². The lowest BCUT2D eigenvalue weighted by Gasteiger charge is -1.91. The number of carbonyl (C=O) groups is 1. The molecule has 0 fully saturated rings. The third-order valence-electron chi connectivity index (χ3n) is 1.53. The summed E-state index contributed by atoms with van der Waals surface area (Å²) in [7, 11) is 1.33. The molecule has 80 valence electrons. The molecule has 0 bridgehead atoms. The Bertz CT molecular complexity index is 409. The highest BCUT2D eigenvalue weighted by molar-refractivity contribution is 7.12. The summed E-state index contributed by atoms with van der Waals surface area (Å²) in [5.74, 6) is -0.371. The Kier molecular flexibility index (Phi) is 3.87. The largest absolute Gasteiger partial charge is 0.465 e. The monoisotopic (exact) mass is 225 g/mol. The van der Waals surface area contributed by atoms with Gasteiger partial charge < -0.3 is 16.2 Å². The first-order valence-electron chi connectivity index (χ1n) is 4.05. The molecule has 0 spiro atoms. The molecular formula is C9H11N3O2S. The van der Waals surface area contributed by atoms with E-state index in [1.54, 1.807) is 11.4 Å². The van der Waals surface area contributed by atoms with E-state index in [-0.39, 0.29) is 5.97 Å². The molecule has 1 aromatic rings. The molecule has 1 rings (SSSR count). The third kappa shape index (κ3) is 3.10. The van der Waals surface area contributed by atoms with Crippen LogP contribution in [0.4, 0.5) is 5.69 Å². The van der Waals surface area contributed by atoms with Crippen LogP contribution >= 0.6 is 11.3 Å². The highest BCUT2D eigenvalue weighted by Crippen LogP contribution is 2.22. The number of esters is 1. The first kappa shape index (κ1) is 11.3.